The summed E-state index contributed by atoms with van der Waals surface area (Å²) in [5, 5.41) is 8.99. The molecule has 0 atom stereocenters. The molecule has 0 radical (unpaired) electrons. The van der Waals surface area contributed by atoms with Crippen LogP contribution in [0.2, 0.25) is 0 Å². The molecule has 2 aromatic rings. The number of aldehydes is 1. The average molecular weight is 229 g/mol. The first kappa shape index (κ1) is 11.3. The van der Waals surface area contributed by atoms with Crippen molar-refractivity contribution in [3.8, 4) is 11.6 Å². The number of ether oxygens (including phenoxy) is 1. The SMILES string of the molecule is O=Cc1ccc(Oc2cccc(CO)c2)nc1. The summed E-state index contributed by atoms with van der Waals surface area (Å²) in [5.41, 5.74) is 1.27. The van der Waals surface area contributed by atoms with E-state index in [0.717, 1.165) is 11.8 Å². The molecule has 86 valence electrons. The van der Waals surface area contributed by atoms with Gasteiger partial charge in [0, 0.05) is 17.8 Å². The number of benzene rings is 1. The zero-order valence-electron chi connectivity index (χ0n) is 9.04. The van der Waals surface area contributed by atoms with Crippen LogP contribution in [0.25, 0.3) is 0 Å². The van der Waals surface area contributed by atoms with Gasteiger partial charge in [0.1, 0.15) is 5.75 Å². The molecule has 1 aromatic carbocycles. The summed E-state index contributed by atoms with van der Waals surface area (Å²) in [4.78, 5) is 14.4. The first-order chi connectivity index (χ1) is 8.31. The van der Waals surface area contributed by atoms with Gasteiger partial charge in [0.2, 0.25) is 5.88 Å². The van der Waals surface area contributed by atoms with Gasteiger partial charge in [0.25, 0.3) is 0 Å². The van der Waals surface area contributed by atoms with Crippen LogP contribution in [-0.2, 0) is 6.61 Å². The van der Waals surface area contributed by atoms with E-state index in [0.29, 0.717) is 17.2 Å². The number of carbonyl (C=O) groups excluding carboxylic acids is 1. The van der Waals surface area contributed by atoms with Crippen LogP contribution in [0.5, 0.6) is 11.6 Å². The predicted octanol–water partition coefficient (Wildman–Crippen LogP) is 2.18. The lowest BCUT2D eigenvalue weighted by Crippen LogP contribution is -1.90. The minimum Gasteiger partial charge on any atom is -0.439 e. The van der Waals surface area contributed by atoms with Crippen LogP contribution in [0.15, 0.2) is 42.6 Å². The molecule has 0 fully saturated rings. The van der Waals surface area contributed by atoms with Crippen molar-refractivity contribution in [2.45, 2.75) is 6.61 Å². The molecule has 2 rings (SSSR count). The van der Waals surface area contributed by atoms with Gasteiger partial charge in [-0.1, -0.05) is 12.1 Å². The third kappa shape index (κ3) is 2.89. The maximum atomic E-state index is 10.5. The zero-order valence-corrected chi connectivity index (χ0v) is 9.04. The fourth-order valence-electron chi connectivity index (χ4n) is 1.35. The number of nitrogens with zero attached hydrogens (tertiary/aromatic N) is 1. The molecule has 4 nitrogen and oxygen atoms in total. The van der Waals surface area contributed by atoms with Gasteiger partial charge in [0.05, 0.1) is 6.61 Å². The maximum Gasteiger partial charge on any atom is 0.219 e. The highest BCUT2D eigenvalue weighted by Gasteiger charge is 2.00. The molecule has 4 heteroatoms. The van der Waals surface area contributed by atoms with Gasteiger partial charge in [0.15, 0.2) is 6.29 Å². The molecule has 0 amide bonds. The summed E-state index contributed by atoms with van der Waals surface area (Å²) in [7, 11) is 0. The van der Waals surface area contributed by atoms with E-state index in [1.807, 2.05) is 0 Å². The predicted molar refractivity (Wildman–Crippen MR) is 62.1 cm³/mol. The number of rotatable bonds is 4. The molecular formula is C13H11NO3. The summed E-state index contributed by atoms with van der Waals surface area (Å²) in [6, 6.07) is 10.3. The summed E-state index contributed by atoms with van der Waals surface area (Å²) in [6.07, 6.45) is 2.17. The molecule has 0 aliphatic carbocycles. The van der Waals surface area contributed by atoms with E-state index in [4.69, 9.17) is 9.84 Å². The smallest absolute Gasteiger partial charge is 0.219 e. The second-order valence-electron chi connectivity index (χ2n) is 3.46. The number of aliphatic hydroxyl groups excluding tert-OH is 1. The van der Waals surface area contributed by atoms with Crippen molar-refractivity contribution in [3.63, 3.8) is 0 Å². The number of carbonyl (C=O) groups is 1. The Morgan fingerprint density at radius 3 is 2.82 bits per heavy atom. The lowest BCUT2D eigenvalue weighted by Gasteiger charge is -2.05. The average Bonchev–Trinajstić information content (AvgIpc) is 2.40. The summed E-state index contributed by atoms with van der Waals surface area (Å²) < 4.78 is 5.48. The Morgan fingerprint density at radius 2 is 2.18 bits per heavy atom. The van der Waals surface area contributed by atoms with Crippen molar-refractivity contribution in [3.05, 3.63) is 53.7 Å². The summed E-state index contributed by atoms with van der Waals surface area (Å²) in [5.74, 6) is 1.01. The molecule has 17 heavy (non-hydrogen) atoms. The molecule has 0 bridgehead atoms. The van der Waals surface area contributed by atoms with E-state index in [2.05, 4.69) is 4.98 Å². The standard InChI is InChI=1S/C13H11NO3/c15-8-10-2-1-3-12(6-10)17-13-5-4-11(9-16)7-14-13/h1-7,9,15H,8H2. The first-order valence-electron chi connectivity index (χ1n) is 5.10. The molecule has 1 heterocycles. The van der Waals surface area contributed by atoms with Crippen LogP contribution in [0.1, 0.15) is 15.9 Å². The van der Waals surface area contributed by atoms with Gasteiger partial charge >= 0.3 is 0 Å². The Kier molecular flexibility index (Phi) is 3.47. The second-order valence-corrected chi connectivity index (χ2v) is 3.46. The van der Waals surface area contributed by atoms with E-state index in [1.165, 1.54) is 6.20 Å². The number of hydrogen-bond donors (Lipinski definition) is 1. The van der Waals surface area contributed by atoms with E-state index >= 15 is 0 Å². The highest BCUT2D eigenvalue weighted by Crippen LogP contribution is 2.20. The molecule has 0 saturated heterocycles. The molecule has 0 aliphatic heterocycles. The van der Waals surface area contributed by atoms with Crippen molar-refractivity contribution in [2.24, 2.45) is 0 Å². The Bertz CT molecular complexity index is 508. The normalized spacial score (nSPS) is 9.94. The van der Waals surface area contributed by atoms with Crippen LogP contribution >= 0.6 is 0 Å². The summed E-state index contributed by atoms with van der Waals surface area (Å²) >= 11 is 0. The van der Waals surface area contributed by atoms with Crippen LogP contribution in [0.3, 0.4) is 0 Å². The topological polar surface area (TPSA) is 59.4 Å². The number of aromatic nitrogens is 1. The fourth-order valence-corrected chi connectivity index (χ4v) is 1.35. The lowest BCUT2D eigenvalue weighted by atomic mass is 10.2. The molecular weight excluding hydrogens is 218 g/mol. The fraction of sp³-hybridized carbons (Fsp3) is 0.0769. The maximum absolute atomic E-state index is 10.5. The molecule has 0 spiro atoms. The van der Waals surface area contributed by atoms with E-state index in [9.17, 15) is 4.79 Å². The van der Waals surface area contributed by atoms with Crippen LogP contribution in [-0.4, -0.2) is 16.4 Å². The van der Waals surface area contributed by atoms with Gasteiger partial charge in [-0.3, -0.25) is 4.79 Å². The minimum absolute atomic E-state index is 0.0330. The Balaban J connectivity index is 2.15. The molecule has 0 unspecified atom stereocenters. The van der Waals surface area contributed by atoms with Gasteiger partial charge < -0.3 is 9.84 Å². The number of aliphatic hydroxyl groups is 1. The third-order valence-electron chi connectivity index (χ3n) is 2.20. The van der Waals surface area contributed by atoms with E-state index in [-0.39, 0.29) is 6.61 Å². The van der Waals surface area contributed by atoms with E-state index < -0.39 is 0 Å². The Hall–Kier alpha value is -2.20. The van der Waals surface area contributed by atoms with Gasteiger partial charge in [-0.25, -0.2) is 4.98 Å². The highest BCUT2D eigenvalue weighted by atomic mass is 16.5. The van der Waals surface area contributed by atoms with Crippen molar-refractivity contribution < 1.29 is 14.6 Å². The number of hydrogen-bond acceptors (Lipinski definition) is 4. The summed E-state index contributed by atoms with van der Waals surface area (Å²) in [6.45, 7) is -0.0330. The molecule has 1 N–H and O–H groups in total. The van der Waals surface area contributed by atoms with Crippen LogP contribution in [0, 0.1) is 0 Å². The van der Waals surface area contributed by atoms with Gasteiger partial charge in [-0.05, 0) is 23.8 Å². The van der Waals surface area contributed by atoms with Crippen LogP contribution < -0.4 is 4.74 Å². The van der Waals surface area contributed by atoms with E-state index in [1.54, 1.807) is 36.4 Å². The van der Waals surface area contributed by atoms with Crippen LogP contribution in [0.4, 0.5) is 0 Å². The lowest BCUT2D eigenvalue weighted by molar-refractivity contribution is 0.112. The van der Waals surface area contributed by atoms with Crippen molar-refractivity contribution in [1.82, 2.24) is 4.98 Å². The highest BCUT2D eigenvalue weighted by molar-refractivity contribution is 5.74. The van der Waals surface area contributed by atoms with Gasteiger partial charge in [-0.2, -0.15) is 0 Å². The minimum atomic E-state index is -0.0330. The van der Waals surface area contributed by atoms with Crippen molar-refractivity contribution in [2.75, 3.05) is 0 Å². The second kappa shape index (κ2) is 5.23. The van der Waals surface area contributed by atoms with Gasteiger partial charge in [-0.15, -0.1) is 0 Å². The monoisotopic (exact) mass is 229 g/mol. The first-order valence-corrected chi connectivity index (χ1v) is 5.10. The molecule has 0 saturated carbocycles. The largest absolute Gasteiger partial charge is 0.439 e. The number of pyridine rings is 1. The molecule has 1 aromatic heterocycles. The van der Waals surface area contributed by atoms with Crippen molar-refractivity contribution in [1.29, 1.82) is 0 Å². The molecule has 0 aliphatic rings. The third-order valence-corrected chi connectivity index (χ3v) is 2.20. The Labute approximate surface area is 98.5 Å². The zero-order chi connectivity index (χ0) is 12.1. The Morgan fingerprint density at radius 1 is 1.29 bits per heavy atom. The quantitative estimate of drug-likeness (QED) is 0.816. The van der Waals surface area contributed by atoms with Crippen molar-refractivity contribution >= 4 is 6.29 Å².